The summed E-state index contributed by atoms with van der Waals surface area (Å²) in [5.41, 5.74) is 7.40. The lowest BCUT2D eigenvalue weighted by Crippen LogP contribution is -2.12. The topological polar surface area (TPSA) is 80.6 Å². The molecule has 6 heteroatoms. The van der Waals surface area contributed by atoms with Gasteiger partial charge < -0.3 is 15.2 Å². The number of hydrogen-bond acceptors (Lipinski definition) is 4. The summed E-state index contributed by atoms with van der Waals surface area (Å²) in [4.78, 5) is 4.14. The summed E-state index contributed by atoms with van der Waals surface area (Å²) in [5.74, 6) is 1.25. The molecule has 0 saturated carbocycles. The highest BCUT2D eigenvalue weighted by molar-refractivity contribution is 6.28. The van der Waals surface area contributed by atoms with Gasteiger partial charge in [0.2, 0.25) is 0 Å². The summed E-state index contributed by atoms with van der Waals surface area (Å²) in [7, 11) is 1.52. The molecule has 0 spiro atoms. The number of halogens is 1. The predicted molar refractivity (Wildman–Crippen MR) is 90.5 cm³/mol. The van der Waals surface area contributed by atoms with Crippen molar-refractivity contribution in [2.75, 3.05) is 13.0 Å². The normalized spacial score (nSPS) is 10.9. The van der Waals surface area contributed by atoms with E-state index in [0.717, 1.165) is 5.56 Å². The standard InChI is InChI=1S/C17H16ClN3O2/c1-22-15-7-13(10-19)14(21-17(20)9-18)8-16(15)23-11-12-5-3-2-4-6-12/h2-8H,9,11H2,1H3,(H2,20,21). The van der Waals surface area contributed by atoms with Crippen molar-refractivity contribution >= 4 is 23.1 Å². The highest BCUT2D eigenvalue weighted by Crippen LogP contribution is 2.35. The largest absolute Gasteiger partial charge is 0.493 e. The molecule has 0 unspecified atom stereocenters. The van der Waals surface area contributed by atoms with Crippen LogP contribution >= 0.6 is 11.6 Å². The third-order valence-corrected chi connectivity index (χ3v) is 3.31. The lowest BCUT2D eigenvalue weighted by Gasteiger charge is -2.12. The second-order valence-corrected chi connectivity index (χ2v) is 4.91. The van der Waals surface area contributed by atoms with E-state index in [1.165, 1.54) is 7.11 Å². The van der Waals surface area contributed by atoms with Gasteiger partial charge in [-0.1, -0.05) is 30.3 Å². The Labute approximate surface area is 139 Å². The molecule has 23 heavy (non-hydrogen) atoms. The van der Waals surface area contributed by atoms with E-state index in [4.69, 9.17) is 26.8 Å². The summed E-state index contributed by atoms with van der Waals surface area (Å²) in [6, 6.07) is 15.0. The predicted octanol–water partition coefficient (Wildman–Crippen LogP) is 3.37. The Morgan fingerprint density at radius 2 is 2.00 bits per heavy atom. The summed E-state index contributed by atoms with van der Waals surface area (Å²) in [6.45, 7) is 0.372. The van der Waals surface area contributed by atoms with E-state index in [0.29, 0.717) is 29.4 Å². The Hall–Kier alpha value is -2.71. The Bertz CT molecular complexity index is 739. The highest BCUT2D eigenvalue weighted by Gasteiger charge is 2.12. The zero-order valence-corrected chi connectivity index (χ0v) is 13.4. The second kappa shape index (κ2) is 8.06. The number of aliphatic imine (C=N–C) groups is 1. The minimum atomic E-state index is 0.0805. The third kappa shape index (κ3) is 4.38. The van der Waals surface area contributed by atoms with Gasteiger partial charge in [-0.25, -0.2) is 4.99 Å². The number of methoxy groups -OCH3 is 1. The first-order chi connectivity index (χ1) is 11.2. The smallest absolute Gasteiger partial charge is 0.163 e. The Morgan fingerprint density at radius 3 is 2.61 bits per heavy atom. The van der Waals surface area contributed by atoms with Crippen LogP contribution in [-0.2, 0) is 6.61 Å². The summed E-state index contributed by atoms with van der Waals surface area (Å²) >= 11 is 5.64. The first-order valence-electron chi connectivity index (χ1n) is 6.85. The van der Waals surface area contributed by atoms with Crippen molar-refractivity contribution in [2.45, 2.75) is 6.61 Å². The van der Waals surface area contributed by atoms with Crippen molar-refractivity contribution in [1.29, 1.82) is 5.26 Å². The number of hydrogen-bond donors (Lipinski definition) is 1. The number of rotatable bonds is 6. The fraction of sp³-hybridized carbons (Fsp3) is 0.176. The fourth-order valence-corrected chi connectivity index (χ4v) is 1.98. The maximum absolute atomic E-state index is 9.23. The Balaban J connectivity index is 2.34. The first kappa shape index (κ1) is 16.7. The molecule has 2 rings (SSSR count). The Kier molecular flexibility index (Phi) is 5.84. The molecule has 0 radical (unpaired) electrons. The quantitative estimate of drug-likeness (QED) is 0.500. The second-order valence-electron chi connectivity index (χ2n) is 4.64. The molecule has 0 bridgehead atoms. The van der Waals surface area contributed by atoms with Gasteiger partial charge in [0.15, 0.2) is 11.5 Å². The van der Waals surface area contributed by atoms with Crippen LogP contribution in [0.5, 0.6) is 11.5 Å². The monoisotopic (exact) mass is 329 g/mol. The van der Waals surface area contributed by atoms with Crippen LogP contribution < -0.4 is 15.2 Å². The van der Waals surface area contributed by atoms with Gasteiger partial charge in [0.25, 0.3) is 0 Å². The number of nitrogens with zero attached hydrogens (tertiary/aromatic N) is 2. The number of amidine groups is 1. The van der Waals surface area contributed by atoms with Crippen molar-refractivity contribution in [3.8, 4) is 17.6 Å². The Morgan fingerprint density at radius 1 is 1.26 bits per heavy atom. The maximum Gasteiger partial charge on any atom is 0.163 e. The van der Waals surface area contributed by atoms with E-state index < -0.39 is 0 Å². The van der Waals surface area contributed by atoms with Crippen LogP contribution in [0, 0.1) is 11.3 Å². The van der Waals surface area contributed by atoms with Crippen molar-refractivity contribution in [2.24, 2.45) is 10.7 Å². The molecule has 118 valence electrons. The van der Waals surface area contributed by atoms with Gasteiger partial charge in [-0.2, -0.15) is 5.26 Å². The molecular weight excluding hydrogens is 314 g/mol. The lowest BCUT2D eigenvalue weighted by atomic mass is 10.1. The molecule has 2 aromatic rings. The van der Waals surface area contributed by atoms with Crippen LogP contribution in [-0.4, -0.2) is 18.8 Å². The van der Waals surface area contributed by atoms with Gasteiger partial charge in [-0.05, 0) is 5.56 Å². The average molecular weight is 330 g/mol. The van der Waals surface area contributed by atoms with Gasteiger partial charge in [-0.3, -0.25) is 0 Å². The van der Waals surface area contributed by atoms with Crippen LogP contribution in [0.4, 0.5) is 5.69 Å². The number of benzene rings is 2. The van der Waals surface area contributed by atoms with E-state index in [1.807, 2.05) is 30.3 Å². The van der Waals surface area contributed by atoms with E-state index in [9.17, 15) is 5.26 Å². The summed E-state index contributed by atoms with van der Waals surface area (Å²) < 4.78 is 11.1. The zero-order valence-electron chi connectivity index (χ0n) is 12.6. The van der Waals surface area contributed by atoms with E-state index in [-0.39, 0.29) is 11.7 Å². The minimum absolute atomic E-state index is 0.0805. The van der Waals surface area contributed by atoms with Gasteiger partial charge in [0.05, 0.1) is 24.2 Å². The molecule has 0 atom stereocenters. The average Bonchev–Trinajstić information content (AvgIpc) is 2.60. The van der Waals surface area contributed by atoms with E-state index in [2.05, 4.69) is 11.1 Å². The molecular formula is C17H16ClN3O2. The van der Waals surface area contributed by atoms with Crippen LogP contribution in [0.2, 0.25) is 0 Å². The first-order valence-corrected chi connectivity index (χ1v) is 7.39. The highest BCUT2D eigenvalue weighted by atomic mass is 35.5. The number of nitrogens with two attached hydrogens (primary N) is 1. The van der Waals surface area contributed by atoms with E-state index >= 15 is 0 Å². The minimum Gasteiger partial charge on any atom is -0.493 e. The fourth-order valence-electron chi connectivity index (χ4n) is 1.92. The van der Waals surface area contributed by atoms with Crippen molar-refractivity contribution < 1.29 is 9.47 Å². The maximum atomic E-state index is 9.23. The van der Waals surface area contributed by atoms with Crippen molar-refractivity contribution in [1.82, 2.24) is 0 Å². The van der Waals surface area contributed by atoms with Crippen LogP contribution in [0.25, 0.3) is 0 Å². The van der Waals surface area contributed by atoms with Gasteiger partial charge in [0.1, 0.15) is 18.5 Å². The molecule has 0 amide bonds. The summed E-state index contributed by atoms with van der Waals surface area (Å²) in [5, 5.41) is 9.23. The molecule has 2 aromatic carbocycles. The molecule has 0 heterocycles. The SMILES string of the molecule is COc1cc(C#N)c(N=C(N)CCl)cc1OCc1ccccc1. The zero-order chi connectivity index (χ0) is 16.7. The number of nitriles is 1. The van der Waals surface area contributed by atoms with Gasteiger partial charge >= 0.3 is 0 Å². The molecule has 0 aliphatic rings. The summed E-state index contributed by atoms with van der Waals surface area (Å²) in [6.07, 6.45) is 0. The molecule has 0 aliphatic carbocycles. The molecule has 5 nitrogen and oxygen atoms in total. The molecule has 0 fully saturated rings. The van der Waals surface area contributed by atoms with Crippen LogP contribution in [0.15, 0.2) is 47.5 Å². The molecule has 0 saturated heterocycles. The molecule has 0 aromatic heterocycles. The van der Waals surface area contributed by atoms with Crippen LogP contribution in [0.3, 0.4) is 0 Å². The van der Waals surface area contributed by atoms with Crippen molar-refractivity contribution in [3.63, 3.8) is 0 Å². The lowest BCUT2D eigenvalue weighted by molar-refractivity contribution is 0.284. The van der Waals surface area contributed by atoms with E-state index in [1.54, 1.807) is 12.1 Å². The van der Waals surface area contributed by atoms with Crippen molar-refractivity contribution in [3.05, 3.63) is 53.6 Å². The molecule has 2 N–H and O–H groups in total. The van der Waals surface area contributed by atoms with Gasteiger partial charge in [0, 0.05) is 12.1 Å². The molecule has 0 aliphatic heterocycles. The third-order valence-electron chi connectivity index (χ3n) is 3.04. The number of alkyl halides is 1. The van der Waals surface area contributed by atoms with Crippen LogP contribution in [0.1, 0.15) is 11.1 Å². The van der Waals surface area contributed by atoms with Gasteiger partial charge in [-0.15, -0.1) is 11.6 Å². The number of ether oxygens (including phenoxy) is 2.